The number of hydrogen-bond donors (Lipinski definition) is 1. The Bertz CT molecular complexity index is 808. The second-order valence-electron chi connectivity index (χ2n) is 4.93. The number of hydrogen-bond acceptors (Lipinski definition) is 3. The molecule has 0 spiro atoms. The number of nitrogens with zero attached hydrogens (tertiary/aromatic N) is 3. The molecular weight excluding hydrogens is 328 g/mol. The van der Waals surface area contributed by atoms with Gasteiger partial charge in [0.25, 0.3) is 0 Å². The molecule has 5 heteroatoms. The lowest BCUT2D eigenvalue weighted by atomic mass is 10.0. The summed E-state index contributed by atoms with van der Waals surface area (Å²) in [6.45, 7) is 1.97. The van der Waals surface area contributed by atoms with Crippen molar-refractivity contribution < 1.29 is 0 Å². The monoisotopic (exact) mass is 342 g/mol. The number of anilines is 1. The largest absolute Gasteiger partial charge is 0.383 e. The van der Waals surface area contributed by atoms with E-state index < -0.39 is 0 Å². The zero-order valence-corrected chi connectivity index (χ0v) is 13.4. The molecule has 3 rings (SSSR count). The quantitative estimate of drug-likeness (QED) is 0.770. The van der Waals surface area contributed by atoms with Gasteiger partial charge in [0.1, 0.15) is 11.5 Å². The highest BCUT2D eigenvalue weighted by molar-refractivity contribution is 9.10. The maximum atomic E-state index is 6.23. The summed E-state index contributed by atoms with van der Waals surface area (Å²) >= 11 is 3.51. The Labute approximate surface area is 131 Å². The Morgan fingerprint density at radius 2 is 1.95 bits per heavy atom. The normalized spacial score (nSPS) is 10.8. The molecule has 0 aliphatic carbocycles. The third-order valence-corrected chi connectivity index (χ3v) is 3.87. The predicted molar refractivity (Wildman–Crippen MR) is 88.7 cm³/mol. The van der Waals surface area contributed by atoms with Crippen LogP contribution in [0.1, 0.15) is 5.69 Å². The SMILES string of the molecule is Cc1cc(-c2nn(C)c(N)c2-c2cccc(Br)c2)ccn1. The summed E-state index contributed by atoms with van der Waals surface area (Å²) in [7, 11) is 1.86. The van der Waals surface area contributed by atoms with Gasteiger partial charge in [0, 0.05) is 29.0 Å². The molecule has 1 aromatic carbocycles. The van der Waals surface area contributed by atoms with E-state index in [0.717, 1.165) is 32.6 Å². The first-order valence-electron chi connectivity index (χ1n) is 6.57. The van der Waals surface area contributed by atoms with Crippen molar-refractivity contribution in [3.8, 4) is 22.4 Å². The fraction of sp³-hybridized carbons (Fsp3) is 0.125. The second-order valence-corrected chi connectivity index (χ2v) is 5.84. The molecule has 0 atom stereocenters. The summed E-state index contributed by atoms with van der Waals surface area (Å²) in [5, 5.41) is 4.58. The standard InChI is InChI=1S/C16H15BrN4/c1-10-8-12(6-7-19-10)15-14(16(18)21(2)20-15)11-4-3-5-13(17)9-11/h3-9H,18H2,1-2H3. The highest BCUT2D eigenvalue weighted by Gasteiger charge is 2.17. The molecule has 21 heavy (non-hydrogen) atoms. The van der Waals surface area contributed by atoms with E-state index in [1.807, 2.05) is 50.4 Å². The average Bonchev–Trinajstić information content (AvgIpc) is 2.75. The van der Waals surface area contributed by atoms with E-state index in [1.165, 1.54) is 0 Å². The van der Waals surface area contributed by atoms with Crippen LogP contribution in [0.4, 0.5) is 5.82 Å². The van der Waals surface area contributed by atoms with Crippen LogP contribution in [0.3, 0.4) is 0 Å². The lowest BCUT2D eigenvalue weighted by molar-refractivity contribution is 0.782. The molecule has 0 radical (unpaired) electrons. The van der Waals surface area contributed by atoms with Crippen molar-refractivity contribution in [3.63, 3.8) is 0 Å². The van der Waals surface area contributed by atoms with Crippen molar-refractivity contribution in [1.29, 1.82) is 0 Å². The topological polar surface area (TPSA) is 56.7 Å². The number of aryl methyl sites for hydroxylation is 2. The van der Waals surface area contributed by atoms with Gasteiger partial charge >= 0.3 is 0 Å². The van der Waals surface area contributed by atoms with Crippen molar-refractivity contribution >= 4 is 21.7 Å². The third kappa shape index (κ3) is 2.56. The van der Waals surface area contributed by atoms with Crippen LogP contribution in [0.2, 0.25) is 0 Å². The summed E-state index contributed by atoms with van der Waals surface area (Å²) in [6, 6.07) is 12.0. The number of pyridine rings is 1. The maximum Gasteiger partial charge on any atom is 0.129 e. The fourth-order valence-corrected chi connectivity index (χ4v) is 2.76. The Kier molecular flexibility index (Phi) is 3.51. The summed E-state index contributed by atoms with van der Waals surface area (Å²) < 4.78 is 2.72. The van der Waals surface area contributed by atoms with Crippen molar-refractivity contribution in [2.75, 3.05) is 5.73 Å². The number of aromatic nitrogens is 3. The van der Waals surface area contributed by atoms with Crippen molar-refractivity contribution in [2.24, 2.45) is 7.05 Å². The zero-order valence-electron chi connectivity index (χ0n) is 11.8. The van der Waals surface area contributed by atoms with Crippen LogP contribution >= 0.6 is 15.9 Å². The van der Waals surface area contributed by atoms with E-state index in [9.17, 15) is 0 Å². The zero-order chi connectivity index (χ0) is 15.0. The van der Waals surface area contributed by atoms with Gasteiger partial charge in [-0.05, 0) is 36.8 Å². The molecule has 0 aliphatic rings. The van der Waals surface area contributed by atoms with Crippen molar-refractivity contribution in [1.82, 2.24) is 14.8 Å². The summed E-state index contributed by atoms with van der Waals surface area (Å²) in [4.78, 5) is 4.24. The maximum absolute atomic E-state index is 6.23. The van der Waals surface area contributed by atoms with E-state index in [-0.39, 0.29) is 0 Å². The lowest BCUT2D eigenvalue weighted by Crippen LogP contribution is -1.97. The molecule has 0 fully saturated rings. The number of halogens is 1. The van der Waals surface area contributed by atoms with Gasteiger partial charge in [0.15, 0.2) is 0 Å². The van der Waals surface area contributed by atoms with Crippen molar-refractivity contribution in [3.05, 3.63) is 52.8 Å². The Balaban J connectivity index is 2.25. The van der Waals surface area contributed by atoms with Gasteiger partial charge in [-0.2, -0.15) is 5.10 Å². The lowest BCUT2D eigenvalue weighted by Gasteiger charge is -2.05. The molecule has 0 bridgehead atoms. The van der Waals surface area contributed by atoms with E-state index in [4.69, 9.17) is 5.73 Å². The van der Waals surface area contributed by atoms with Crippen molar-refractivity contribution in [2.45, 2.75) is 6.92 Å². The van der Waals surface area contributed by atoms with Crippen LogP contribution in [-0.4, -0.2) is 14.8 Å². The minimum absolute atomic E-state index is 0.651. The fourth-order valence-electron chi connectivity index (χ4n) is 2.36. The first-order chi connectivity index (χ1) is 10.1. The Hall–Kier alpha value is -2.14. The molecular formula is C16H15BrN4. The summed E-state index contributed by atoms with van der Waals surface area (Å²) in [5.74, 6) is 0.651. The summed E-state index contributed by atoms with van der Waals surface area (Å²) in [5.41, 5.74) is 11.1. The van der Waals surface area contributed by atoms with Crippen LogP contribution in [-0.2, 0) is 7.05 Å². The van der Waals surface area contributed by atoms with Gasteiger partial charge < -0.3 is 5.73 Å². The molecule has 2 aromatic heterocycles. The molecule has 0 saturated heterocycles. The first-order valence-corrected chi connectivity index (χ1v) is 7.37. The number of rotatable bonds is 2. The van der Waals surface area contributed by atoms with E-state index >= 15 is 0 Å². The van der Waals surface area contributed by atoms with E-state index in [2.05, 4.69) is 26.0 Å². The molecule has 106 valence electrons. The molecule has 0 saturated carbocycles. The van der Waals surface area contributed by atoms with Gasteiger partial charge in [0.05, 0.1) is 5.56 Å². The third-order valence-electron chi connectivity index (χ3n) is 3.37. The molecule has 2 N–H and O–H groups in total. The number of nitrogen functional groups attached to an aromatic ring is 1. The molecule has 0 amide bonds. The molecule has 3 aromatic rings. The van der Waals surface area contributed by atoms with Crippen LogP contribution < -0.4 is 5.73 Å². The predicted octanol–water partition coefficient (Wildman–Crippen LogP) is 3.80. The smallest absolute Gasteiger partial charge is 0.129 e. The van der Waals surface area contributed by atoms with Gasteiger partial charge in [0.2, 0.25) is 0 Å². The first kappa shape index (κ1) is 13.8. The Morgan fingerprint density at radius 3 is 2.67 bits per heavy atom. The molecule has 2 heterocycles. The van der Waals surface area contributed by atoms with Gasteiger partial charge in [-0.15, -0.1) is 0 Å². The minimum Gasteiger partial charge on any atom is -0.383 e. The second kappa shape index (κ2) is 5.33. The minimum atomic E-state index is 0.651. The Morgan fingerprint density at radius 1 is 1.14 bits per heavy atom. The average molecular weight is 343 g/mol. The van der Waals surface area contributed by atoms with E-state index in [0.29, 0.717) is 5.82 Å². The van der Waals surface area contributed by atoms with Crippen LogP contribution in [0.5, 0.6) is 0 Å². The molecule has 0 aliphatic heterocycles. The highest BCUT2D eigenvalue weighted by Crippen LogP contribution is 2.36. The van der Waals surface area contributed by atoms with Crippen LogP contribution in [0, 0.1) is 6.92 Å². The molecule has 4 nitrogen and oxygen atoms in total. The molecule has 0 unspecified atom stereocenters. The summed E-state index contributed by atoms with van der Waals surface area (Å²) in [6.07, 6.45) is 1.79. The van der Waals surface area contributed by atoms with Gasteiger partial charge in [-0.1, -0.05) is 28.1 Å². The van der Waals surface area contributed by atoms with Gasteiger partial charge in [-0.25, -0.2) is 0 Å². The van der Waals surface area contributed by atoms with Crippen LogP contribution in [0.25, 0.3) is 22.4 Å². The van der Waals surface area contributed by atoms with Gasteiger partial charge in [-0.3, -0.25) is 9.67 Å². The number of nitrogens with two attached hydrogens (primary N) is 1. The van der Waals surface area contributed by atoms with Crippen LogP contribution in [0.15, 0.2) is 47.1 Å². The van der Waals surface area contributed by atoms with E-state index in [1.54, 1.807) is 10.9 Å². The highest BCUT2D eigenvalue weighted by atomic mass is 79.9. The number of benzene rings is 1.